The second-order valence-electron chi connectivity index (χ2n) is 9.06. The molecule has 3 heterocycles. The molecule has 0 saturated carbocycles. The van der Waals surface area contributed by atoms with Crippen LogP contribution in [0.1, 0.15) is 33.6 Å². The largest absolute Gasteiger partial charge is 0.465 e. The van der Waals surface area contributed by atoms with Gasteiger partial charge < -0.3 is 19.6 Å². The summed E-state index contributed by atoms with van der Waals surface area (Å²) in [5.74, 6) is -2.08. The zero-order valence-electron chi connectivity index (χ0n) is 18.9. The Balaban J connectivity index is 2.05. The molecule has 3 aliphatic heterocycles. The summed E-state index contributed by atoms with van der Waals surface area (Å²) in [6.45, 7) is 13.3. The van der Waals surface area contributed by atoms with Gasteiger partial charge in [0.05, 0.1) is 35.8 Å². The molecule has 7 nitrogen and oxygen atoms in total. The molecular formula is C23H33BrN2O5S. The van der Waals surface area contributed by atoms with Crippen LogP contribution in [0.2, 0.25) is 0 Å². The molecule has 9 heteroatoms. The Morgan fingerprint density at radius 3 is 2.62 bits per heavy atom. The second kappa shape index (κ2) is 9.89. The summed E-state index contributed by atoms with van der Waals surface area (Å²) >= 11 is 5.29. The van der Waals surface area contributed by atoms with E-state index < -0.39 is 34.6 Å². The number of amides is 2. The number of halogens is 1. The number of carbonyl (C=O) groups excluding carboxylic acids is 3. The number of nitrogens with zero attached hydrogens (tertiary/aromatic N) is 2. The second-order valence-corrected chi connectivity index (χ2v) is 11.8. The van der Waals surface area contributed by atoms with E-state index in [0.717, 1.165) is 0 Å². The fourth-order valence-electron chi connectivity index (χ4n) is 5.37. The molecule has 178 valence electrons. The first-order valence-electron chi connectivity index (χ1n) is 11.1. The highest BCUT2D eigenvalue weighted by atomic mass is 79.9. The number of carbonyl (C=O) groups is 3. The van der Waals surface area contributed by atoms with Crippen LogP contribution in [0, 0.1) is 11.8 Å². The van der Waals surface area contributed by atoms with Crippen LogP contribution in [0.25, 0.3) is 0 Å². The average molecular weight is 529 g/mol. The van der Waals surface area contributed by atoms with E-state index >= 15 is 0 Å². The number of ether oxygens (including phenoxy) is 1. The summed E-state index contributed by atoms with van der Waals surface area (Å²) in [4.78, 5) is 44.0. The van der Waals surface area contributed by atoms with E-state index in [4.69, 9.17) is 4.74 Å². The number of rotatable bonds is 10. The van der Waals surface area contributed by atoms with Crippen molar-refractivity contribution < 1.29 is 24.2 Å². The monoisotopic (exact) mass is 528 g/mol. The lowest BCUT2D eigenvalue weighted by Gasteiger charge is -2.40. The average Bonchev–Trinajstić information content (AvgIpc) is 3.34. The fourth-order valence-corrected chi connectivity index (χ4v) is 8.95. The van der Waals surface area contributed by atoms with E-state index in [1.54, 1.807) is 35.7 Å². The van der Waals surface area contributed by atoms with Crippen LogP contribution in [0.5, 0.6) is 0 Å². The number of alkyl halides is 1. The lowest BCUT2D eigenvalue weighted by Crippen LogP contribution is -2.58. The molecule has 0 aliphatic carbocycles. The van der Waals surface area contributed by atoms with Gasteiger partial charge in [-0.1, -0.05) is 28.1 Å². The van der Waals surface area contributed by atoms with Gasteiger partial charge in [0.15, 0.2) is 0 Å². The summed E-state index contributed by atoms with van der Waals surface area (Å²) in [5.41, 5.74) is 0. The Labute approximate surface area is 202 Å². The van der Waals surface area contributed by atoms with Crippen molar-refractivity contribution in [2.24, 2.45) is 11.8 Å². The number of thioether (sulfide) groups is 1. The standard InChI is InChI=1S/C23H33BrN2O5S/c1-6-8-10-31-22(30)16-17-20(28)26(14(5)12-27)19(21(29)25(9-7-2)13(3)4)23(17)11-15(24)18(16)32-23/h6-7,13-19,27H,1-2,8-12H2,3-5H3/t14-,15?,16-,17+,18-,19?,23?/m1/s1. The number of hydrogen-bond acceptors (Lipinski definition) is 6. The maximum atomic E-state index is 13.9. The third-order valence-corrected chi connectivity index (χ3v) is 9.99. The van der Waals surface area contributed by atoms with Gasteiger partial charge in [-0.2, -0.15) is 0 Å². The van der Waals surface area contributed by atoms with E-state index in [1.165, 1.54) is 4.90 Å². The fraction of sp³-hybridized carbons (Fsp3) is 0.696. The topological polar surface area (TPSA) is 87.2 Å². The van der Waals surface area contributed by atoms with Crippen molar-refractivity contribution in [3.05, 3.63) is 25.3 Å². The number of aliphatic hydroxyl groups is 1. The molecule has 1 N–H and O–H groups in total. The Morgan fingerprint density at radius 1 is 1.38 bits per heavy atom. The van der Waals surface area contributed by atoms with Crippen LogP contribution in [0.15, 0.2) is 25.3 Å². The van der Waals surface area contributed by atoms with Crippen LogP contribution in [0.4, 0.5) is 0 Å². The number of fused-ring (bicyclic) bond motifs is 1. The highest BCUT2D eigenvalue weighted by molar-refractivity contribution is 9.09. The molecule has 2 amide bonds. The Kier molecular flexibility index (Phi) is 7.82. The Bertz CT molecular complexity index is 792. The highest BCUT2D eigenvalue weighted by Crippen LogP contribution is 2.68. The van der Waals surface area contributed by atoms with Crippen molar-refractivity contribution in [2.45, 2.75) is 66.6 Å². The molecule has 3 saturated heterocycles. The summed E-state index contributed by atoms with van der Waals surface area (Å²) < 4.78 is 4.75. The molecular weight excluding hydrogens is 496 g/mol. The molecule has 3 aliphatic rings. The number of likely N-dealkylation sites (tertiary alicyclic amines) is 1. The molecule has 0 aromatic heterocycles. The van der Waals surface area contributed by atoms with Crippen LogP contribution >= 0.6 is 27.7 Å². The van der Waals surface area contributed by atoms with Gasteiger partial charge in [-0.05, 0) is 33.6 Å². The van der Waals surface area contributed by atoms with Gasteiger partial charge >= 0.3 is 5.97 Å². The SMILES string of the molecule is C=CCCOC(=O)[C@H]1[C@@H]2SC3(CC2Br)C(C(=O)N(CC=C)C(C)C)N([C@H](C)CO)C(=O)[C@H]13. The molecule has 3 unspecified atom stereocenters. The van der Waals surface area contributed by atoms with Crippen LogP contribution in [-0.4, -0.2) is 85.4 Å². The molecule has 3 fully saturated rings. The third kappa shape index (κ3) is 3.94. The first-order chi connectivity index (χ1) is 15.2. The normalized spacial score (nSPS) is 33.9. The molecule has 0 radical (unpaired) electrons. The molecule has 7 atom stereocenters. The maximum absolute atomic E-state index is 13.9. The van der Waals surface area contributed by atoms with E-state index in [0.29, 0.717) is 19.4 Å². The molecule has 3 rings (SSSR count). The summed E-state index contributed by atoms with van der Waals surface area (Å²) in [7, 11) is 0. The van der Waals surface area contributed by atoms with Crippen molar-refractivity contribution >= 4 is 45.5 Å². The molecule has 1 spiro atoms. The number of esters is 1. The molecule has 0 aromatic rings. The van der Waals surface area contributed by atoms with Crippen molar-refractivity contribution in [3.63, 3.8) is 0 Å². The predicted molar refractivity (Wildman–Crippen MR) is 128 cm³/mol. The number of aliphatic hydroxyl groups excluding tert-OH is 1. The first kappa shape index (κ1) is 25.3. The van der Waals surface area contributed by atoms with Crippen LogP contribution in [-0.2, 0) is 19.1 Å². The van der Waals surface area contributed by atoms with Gasteiger partial charge in [0.1, 0.15) is 6.04 Å². The first-order valence-corrected chi connectivity index (χ1v) is 12.9. The molecule has 2 bridgehead atoms. The Morgan fingerprint density at radius 2 is 2.06 bits per heavy atom. The minimum Gasteiger partial charge on any atom is -0.465 e. The quantitative estimate of drug-likeness (QED) is 0.203. The van der Waals surface area contributed by atoms with E-state index in [2.05, 4.69) is 29.1 Å². The van der Waals surface area contributed by atoms with Gasteiger partial charge in [-0.15, -0.1) is 24.9 Å². The minimum absolute atomic E-state index is 0.0138. The van der Waals surface area contributed by atoms with Gasteiger partial charge in [0.25, 0.3) is 0 Å². The minimum atomic E-state index is -0.759. The van der Waals surface area contributed by atoms with Gasteiger partial charge in [0, 0.05) is 22.7 Å². The smallest absolute Gasteiger partial charge is 0.310 e. The zero-order valence-corrected chi connectivity index (χ0v) is 21.3. The van der Waals surface area contributed by atoms with Crippen LogP contribution in [0.3, 0.4) is 0 Å². The van der Waals surface area contributed by atoms with Crippen molar-refractivity contribution in [2.75, 3.05) is 19.8 Å². The number of hydrogen-bond donors (Lipinski definition) is 1. The molecule has 32 heavy (non-hydrogen) atoms. The zero-order chi connectivity index (χ0) is 23.8. The van der Waals surface area contributed by atoms with E-state index in [9.17, 15) is 19.5 Å². The van der Waals surface area contributed by atoms with Crippen LogP contribution < -0.4 is 0 Å². The highest BCUT2D eigenvalue weighted by Gasteiger charge is 2.76. The van der Waals surface area contributed by atoms with Crippen molar-refractivity contribution in [1.82, 2.24) is 9.80 Å². The lowest BCUT2D eigenvalue weighted by atomic mass is 9.71. The maximum Gasteiger partial charge on any atom is 0.310 e. The summed E-state index contributed by atoms with van der Waals surface area (Å²) in [6, 6.07) is -1.38. The third-order valence-electron chi connectivity index (χ3n) is 6.77. The van der Waals surface area contributed by atoms with Crippen molar-refractivity contribution in [1.29, 1.82) is 0 Å². The molecule has 0 aromatic carbocycles. The Hall–Kier alpha value is -1.32. The lowest BCUT2D eigenvalue weighted by molar-refractivity contribution is -0.154. The van der Waals surface area contributed by atoms with Gasteiger partial charge in [-0.25, -0.2) is 0 Å². The van der Waals surface area contributed by atoms with Crippen molar-refractivity contribution in [3.8, 4) is 0 Å². The van der Waals surface area contributed by atoms with Gasteiger partial charge in [-0.3, -0.25) is 14.4 Å². The van der Waals surface area contributed by atoms with E-state index in [1.807, 2.05) is 13.8 Å². The summed E-state index contributed by atoms with van der Waals surface area (Å²) in [6.07, 6.45) is 4.49. The van der Waals surface area contributed by atoms with E-state index in [-0.39, 0.29) is 41.1 Å². The summed E-state index contributed by atoms with van der Waals surface area (Å²) in [5, 5.41) is 9.77. The predicted octanol–water partition coefficient (Wildman–Crippen LogP) is 2.37. The van der Waals surface area contributed by atoms with Gasteiger partial charge in [0.2, 0.25) is 11.8 Å².